The van der Waals surface area contributed by atoms with Gasteiger partial charge in [0.1, 0.15) is 17.5 Å². The summed E-state index contributed by atoms with van der Waals surface area (Å²) in [7, 11) is 0. The fourth-order valence-electron chi connectivity index (χ4n) is 1.61. The van der Waals surface area contributed by atoms with Gasteiger partial charge < -0.3 is 5.11 Å². The summed E-state index contributed by atoms with van der Waals surface area (Å²) in [6, 6.07) is 6.96. The van der Waals surface area contributed by atoms with Crippen molar-refractivity contribution in [3.8, 4) is 0 Å². The van der Waals surface area contributed by atoms with Gasteiger partial charge in [-0.25, -0.2) is 13.2 Å². The van der Waals surface area contributed by atoms with Crippen molar-refractivity contribution in [1.82, 2.24) is 0 Å². The molecule has 0 aliphatic rings. The molecule has 0 aliphatic heterocycles. The maximum Gasteiger partial charge on any atom is 0.137 e. The fourth-order valence-corrected chi connectivity index (χ4v) is 2.67. The second-order valence-electron chi connectivity index (χ2n) is 4.03. The lowest BCUT2D eigenvalue weighted by molar-refractivity contribution is 0.196. The summed E-state index contributed by atoms with van der Waals surface area (Å²) in [6.07, 6.45) is -0.894. The summed E-state index contributed by atoms with van der Waals surface area (Å²) in [4.78, 5) is 0.578. The third-order valence-corrected chi connectivity index (χ3v) is 3.66. The van der Waals surface area contributed by atoms with E-state index in [1.807, 2.05) is 0 Å². The van der Waals surface area contributed by atoms with Crippen LogP contribution in [0.2, 0.25) is 0 Å². The third-order valence-electron chi connectivity index (χ3n) is 2.54. The van der Waals surface area contributed by atoms with Crippen molar-refractivity contribution in [3.05, 3.63) is 59.4 Å². The molecule has 2 aromatic carbocycles. The van der Waals surface area contributed by atoms with Gasteiger partial charge >= 0.3 is 0 Å². The van der Waals surface area contributed by atoms with E-state index in [4.69, 9.17) is 0 Å². The van der Waals surface area contributed by atoms with Gasteiger partial charge in [-0.15, -0.1) is 0 Å². The van der Waals surface area contributed by atoms with Crippen LogP contribution in [0.25, 0.3) is 0 Å². The number of aliphatic hydroxyl groups is 1. The van der Waals surface area contributed by atoms with E-state index in [2.05, 4.69) is 0 Å². The molecule has 1 atom stereocenters. The van der Waals surface area contributed by atoms with Crippen LogP contribution < -0.4 is 0 Å². The van der Waals surface area contributed by atoms with E-state index in [9.17, 15) is 18.3 Å². The predicted molar refractivity (Wildman–Crippen MR) is 67.5 cm³/mol. The molecular formula is C14H11F3OS. The van der Waals surface area contributed by atoms with Crippen LogP contribution in [-0.4, -0.2) is 5.11 Å². The first-order chi connectivity index (χ1) is 8.97. The number of benzene rings is 2. The van der Waals surface area contributed by atoms with E-state index < -0.39 is 23.6 Å². The summed E-state index contributed by atoms with van der Waals surface area (Å²) < 4.78 is 39.8. The minimum atomic E-state index is -0.894. The Bertz CT molecular complexity index is 599. The summed E-state index contributed by atoms with van der Waals surface area (Å²) in [6.45, 7) is 1.49. The van der Waals surface area contributed by atoms with Crippen molar-refractivity contribution < 1.29 is 18.3 Å². The normalized spacial score (nSPS) is 12.5. The molecule has 0 bridgehead atoms. The summed E-state index contributed by atoms with van der Waals surface area (Å²) in [5.74, 6) is -1.60. The SMILES string of the molecule is CC(O)c1cc(F)ccc1Sc1cc(F)ccc1F. The molecule has 0 spiro atoms. The number of hydrogen-bond acceptors (Lipinski definition) is 2. The van der Waals surface area contributed by atoms with Crippen LogP contribution in [0.5, 0.6) is 0 Å². The second kappa shape index (κ2) is 5.67. The molecule has 19 heavy (non-hydrogen) atoms. The zero-order valence-corrected chi connectivity index (χ0v) is 10.8. The van der Waals surface area contributed by atoms with Gasteiger partial charge in [-0.3, -0.25) is 0 Å². The molecule has 0 aliphatic carbocycles. The molecule has 1 nitrogen and oxygen atoms in total. The Labute approximate surface area is 113 Å². The largest absolute Gasteiger partial charge is 0.389 e. The summed E-state index contributed by atoms with van der Waals surface area (Å²) in [5, 5.41) is 9.58. The van der Waals surface area contributed by atoms with E-state index in [0.717, 1.165) is 30.0 Å². The van der Waals surface area contributed by atoms with Gasteiger partial charge in [0.05, 0.1) is 11.0 Å². The zero-order valence-electron chi connectivity index (χ0n) is 10.0. The molecule has 0 saturated carbocycles. The first-order valence-electron chi connectivity index (χ1n) is 5.58. The first kappa shape index (κ1) is 14.0. The van der Waals surface area contributed by atoms with Crippen LogP contribution in [0.15, 0.2) is 46.2 Å². The fraction of sp³-hybridized carbons (Fsp3) is 0.143. The number of halogens is 3. The van der Waals surface area contributed by atoms with Gasteiger partial charge in [0.2, 0.25) is 0 Å². The standard InChI is InChI=1S/C14H11F3OS/c1-8(18)11-6-9(15)3-5-13(11)19-14-7-10(16)2-4-12(14)17/h2-8,18H,1H3. The maximum absolute atomic E-state index is 13.5. The molecule has 2 aromatic rings. The molecule has 100 valence electrons. The smallest absolute Gasteiger partial charge is 0.137 e. The lowest BCUT2D eigenvalue weighted by Crippen LogP contribution is -1.96. The number of hydrogen-bond donors (Lipinski definition) is 1. The molecule has 0 saturated heterocycles. The van der Waals surface area contributed by atoms with Crippen molar-refractivity contribution in [1.29, 1.82) is 0 Å². The van der Waals surface area contributed by atoms with E-state index in [1.54, 1.807) is 0 Å². The van der Waals surface area contributed by atoms with E-state index in [-0.39, 0.29) is 4.90 Å². The molecule has 0 heterocycles. The highest BCUT2D eigenvalue weighted by Crippen LogP contribution is 2.35. The zero-order chi connectivity index (χ0) is 14.0. The van der Waals surface area contributed by atoms with Crippen molar-refractivity contribution in [2.24, 2.45) is 0 Å². The van der Waals surface area contributed by atoms with Crippen LogP contribution in [0, 0.1) is 17.5 Å². The van der Waals surface area contributed by atoms with Crippen molar-refractivity contribution in [2.75, 3.05) is 0 Å². The van der Waals surface area contributed by atoms with Crippen molar-refractivity contribution in [2.45, 2.75) is 22.8 Å². The molecule has 0 amide bonds. The Morgan fingerprint density at radius 1 is 0.947 bits per heavy atom. The van der Waals surface area contributed by atoms with Gasteiger partial charge in [-0.1, -0.05) is 11.8 Å². The highest BCUT2D eigenvalue weighted by atomic mass is 32.2. The monoisotopic (exact) mass is 284 g/mol. The maximum atomic E-state index is 13.5. The second-order valence-corrected chi connectivity index (χ2v) is 5.12. The Morgan fingerprint density at radius 3 is 2.26 bits per heavy atom. The summed E-state index contributed by atoms with van der Waals surface area (Å²) >= 11 is 0.950. The number of aliphatic hydroxyl groups excluding tert-OH is 1. The van der Waals surface area contributed by atoms with Gasteiger partial charge in [0, 0.05) is 4.90 Å². The average Bonchev–Trinajstić information content (AvgIpc) is 2.35. The van der Waals surface area contributed by atoms with Gasteiger partial charge in [0.15, 0.2) is 0 Å². The molecule has 0 fully saturated rings. The van der Waals surface area contributed by atoms with Gasteiger partial charge in [-0.05, 0) is 48.9 Å². The molecule has 2 rings (SSSR count). The topological polar surface area (TPSA) is 20.2 Å². The molecule has 0 radical (unpaired) electrons. The highest BCUT2D eigenvalue weighted by molar-refractivity contribution is 7.99. The Kier molecular flexibility index (Phi) is 4.17. The van der Waals surface area contributed by atoms with Gasteiger partial charge in [0.25, 0.3) is 0 Å². The minimum absolute atomic E-state index is 0.0912. The predicted octanol–water partition coefficient (Wildman–Crippen LogP) is 4.31. The minimum Gasteiger partial charge on any atom is -0.389 e. The molecular weight excluding hydrogens is 273 g/mol. The van der Waals surface area contributed by atoms with Crippen molar-refractivity contribution in [3.63, 3.8) is 0 Å². The van der Waals surface area contributed by atoms with Crippen LogP contribution in [0.1, 0.15) is 18.6 Å². The lowest BCUT2D eigenvalue weighted by Gasteiger charge is -2.12. The summed E-state index contributed by atoms with van der Waals surface area (Å²) in [5.41, 5.74) is 0.341. The molecule has 0 aromatic heterocycles. The Hall–Kier alpha value is -1.46. The average molecular weight is 284 g/mol. The van der Waals surface area contributed by atoms with E-state index >= 15 is 0 Å². The van der Waals surface area contributed by atoms with Crippen LogP contribution in [0.4, 0.5) is 13.2 Å². The quantitative estimate of drug-likeness (QED) is 0.906. The molecule has 1 N–H and O–H groups in total. The van der Waals surface area contributed by atoms with Crippen LogP contribution >= 0.6 is 11.8 Å². The number of rotatable bonds is 3. The van der Waals surface area contributed by atoms with Gasteiger partial charge in [-0.2, -0.15) is 0 Å². The van der Waals surface area contributed by atoms with Crippen LogP contribution in [-0.2, 0) is 0 Å². The van der Waals surface area contributed by atoms with E-state index in [0.29, 0.717) is 10.5 Å². The third kappa shape index (κ3) is 3.30. The highest BCUT2D eigenvalue weighted by Gasteiger charge is 2.13. The Balaban J connectivity index is 2.40. The van der Waals surface area contributed by atoms with E-state index in [1.165, 1.54) is 25.1 Å². The molecule has 1 unspecified atom stereocenters. The lowest BCUT2D eigenvalue weighted by atomic mass is 10.1. The molecule has 5 heteroatoms. The van der Waals surface area contributed by atoms with Crippen LogP contribution in [0.3, 0.4) is 0 Å². The Morgan fingerprint density at radius 2 is 1.58 bits per heavy atom. The van der Waals surface area contributed by atoms with Crippen molar-refractivity contribution >= 4 is 11.8 Å². The first-order valence-corrected chi connectivity index (χ1v) is 6.39.